The van der Waals surface area contributed by atoms with E-state index in [1.807, 2.05) is 43.0 Å². The number of benzene rings is 2. The molecule has 2 aliphatic rings. The lowest BCUT2D eigenvalue weighted by Crippen LogP contribution is -2.47. The van der Waals surface area contributed by atoms with Crippen molar-refractivity contribution in [2.24, 2.45) is 0 Å². The van der Waals surface area contributed by atoms with Gasteiger partial charge >= 0.3 is 0 Å². The third-order valence-electron chi connectivity index (χ3n) is 9.59. The van der Waals surface area contributed by atoms with E-state index in [0.29, 0.717) is 55.6 Å². The topological polar surface area (TPSA) is 141 Å². The number of carbonyl (C=O) groups excluding carboxylic acids is 1. The molecule has 2 aromatic carbocycles. The van der Waals surface area contributed by atoms with Crippen LogP contribution in [0.3, 0.4) is 0 Å². The van der Waals surface area contributed by atoms with Crippen LogP contribution in [0.4, 0.5) is 20.5 Å². The summed E-state index contributed by atoms with van der Waals surface area (Å²) in [5.74, 6) is 0.335. The molecular weight excluding hydrogens is 672 g/mol. The quantitative estimate of drug-likeness (QED) is 0.265. The van der Waals surface area contributed by atoms with Crippen LogP contribution in [0, 0.1) is 18.6 Å². The van der Waals surface area contributed by atoms with Crippen molar-refractivity contribution in [3.05, 3.63) is 78.1 Å². The predicted octanol–water partition coefficient (Wildman–Crippen LogP) is 4.29. The zero-order valence-electron chi connectivity index (χ0n) is 29.1. The maximum atomic E-state index is 15.0. The second-order valence-corrected chi connectivity index (χ2v) is 13.0. The third-order valence-corrected chi connectivity index (χ3v) is 9.59. The molecule has 268 valence electrons. The molecule has 8 rings (SSSR count). The van der Waals surface area contributed by atoms with Gasteiger partial charge in [0.2, 0.25) is 11.9 Å². The molecule has 2 aliphatic heterocycles. The van der Waals surface area contributed by atoms with E-state index >= 15 is 4.39 Å². The van der Waals surface area contributed by atoms with Crippen LogP contribution in [0.5, 0.6) is 0 Å². The van der Waals surface area contributed by atoms with Gasteiger partial charge in [0.05, 0.1) is 41.0 Å². The minimum atomic E-state index is -0.799. The molecule has 1 N–H and O–H groups in total. The van der Waals surface area contributed by atoms with Crippen LogP contribution < -0.4 is 10.2 Å². The number of carbonyl (C=O) groups is 1. The number of rotatable bonds is 6. The molecule has 1 amide bonds. The van der Waals surface area contributed by atoms with E-state index in [-0.39, 0.29) is 36.0 Å². The van der Waals surface area contributed by atoms with Crippen molar-refractivity contribution in [1.29, 1.82) is 0 Å². The van der Waals surface area contributed by atoms with Gasteiger partial charge in [-0.2, -0.15) is 5.10 Å². The van der Waals surface area contributed by atoms with Crippen molar-refractivity contribution in [2.75, 3.05) is 44.1 Å². The highest BCUT2D eigenvalue weighted by Crippen LogP contribution is 2.35. The molecule has 1 unspecified atom stereocenters. The van der Waals surface area contributed by atoms with Crippen LogP contribution in [-0.2, 0) is 27.4 Å². The summed E-state index contributed by atoms with van der Waals surface area (Å²) in [6.45, 7) is 5.54. The molecule has 3 atom stereocenters. The molecule has 14 nitrogen and oxygen atoms in total. The summed E-state index contributed by atoms with van der Waals surface area (Å²) in [7, 11) is 3.30. The molecule has 4 aromatic heterocycles. The number of methoxy groups -OCH3 is 1. The molecule has 1 saturated heterocycles. The summed E-state index contributed by atoms with van der Waals surface area (Å²) in [5, 5.41) is 8.41. The minimum Gasteiger partial charge on any atom is -0.377 e. The number of ether oxygens (including phenoxy) is 2. The maximum absolute atomic E-state index is 15.0. The van der Waals surface area contributed by atoms with Gasteiger partial charge in [0.1, 0.15) is 35.8 Å². The van der Waals surface area contributed by atoms with Crippen LogP contribution in [-0.4, -0.2) is 102 Å². The Morgan fingerprint density at radius 1 is 1.04 bits per heavy atom. The standard InChI is InChI=1S/C36H37F2N11O3/c1-5-52-23-17-46(3)35(50)30-14-22(42-36-39-12-11-27(43-36)24-7-6-8-28-32(24)47(18-23)20(2)41-28)16-48(30)33-25-15-40-49(29-10-9-21(37)13-26(29)38)34(25)45-31(44-33)19-51-4/h6-13,15,22-23,30H,5,14,16-19H2,1-4H3,(H,39,42,43)/t22-,23?,30-/m0/s1. The van der Waals surface area contributed by atoms with Crippen molar-refractivity contribution >= 4 is 39.7 Å². The lowest BCUT2D eigenvalue weighted by Gasteiger charge is -2.31. The van der Waals surface area contributed by atoms with E-state index in [1.54, 1.807) is 18.1 Å². The molecule has 1 fully saturated rings. The number of fused-ring (bicyclic) bond motifs is 6. The van der Waals surface area contributed by atoms with Crippen molar-refractivity contribution in [2.45, 2.75) is 51.6 Å². The van der Waals surface area contributed by atoms with E-state index in [2.05, 4.69) is 25.0 Å². The largest absolute Gasteiger partial charge is 0.377 e. The average Bonchev–Trinajstić information content (AvgIpc) is 3.83. The van der Waals surface area contributed by atoms with E-state index in [9.17, 15) is 9.18 Å². The van der Waals surface area contributed by atoms with Gasteiger partial charge in [-0.1, -0.05) is 12.1 Å². The minimum absolute atomic E-state index is 0.0187. The van der Waals surface area contributed by atoms with Gasteiger partial charge < -0.3 is 29.2 Å². The lowest BCUT2D eigenvalue weighted by molar-refractivity contribution is -0.133. The molecule has 0 saturated carbocycles. The predicted molar refractivity (Wildman–Crippen MR) is 189 cm³/mol. The zero-order valence-corrected chi connectivity index (χ0v) is 29.1. The van der Waals surface area contributed by atoms with Gasteiger partial charge in [-0.15, -0.1) is 0 Å². The molecule has 0 spiro atoms. The summed E-state index contributed by atoms with van der Waals surface area (Å²) >= 11 is 0. The Bertz CT molecular complexity index is 2310. The first-order valence-corrected chi connectivity index (χ1v) is 17.1. The van der Waals surface area contributed by atoms with Crippen LogP contribution in [0.25, 0.3) is 39.0 Å². The Labute approximate surface area is 297 Å². The monoisotopic (exact) mass is 709 g/mol. The highest BCUT2D eigenvalue weighted by molar-refractivity contribution is 5.94. The highest BCUT2D eigenvalue weighted by Gasteiger charge is 2.41. The number of imidazole rings is 1. The maximum Gasteiger partial charge on any atom is 0.245 e. The summed E-state index contributed by atoms with van der Waals surface area (Å²) in [4.78, 5) is 42.1. The summed E-state index contributed by atoms with van der Waals surface area (Å²) < 4.78 is 44.0. The van der Waals surface area contributed by atoms with Crippen molar-refractivity contribution < 1.29 is 23.0 Å². The fourth-order valence-electron chi connectivity index (χ4n) is 7.33. The fourth-order valence-corrected chi connectivity index (χ4v) is 7.33. The Morgan fingerprint density at radius 2 is 1.90 bits per heavy atom. The molecular formula is C36H37F2N11O3. The Morgan fingerprint density at radius 3 is 2.71 bits per heavy atom. The first kappa shape index (κ1) is 33.5. The van der Waals surface area contributed by atoms with E-state index in [1.165, 1.54) is 24.1 Å². The number of para-hydroxylation sites is 1. The van der Waals surface area contributed by atoms with Gasteiger partial charge in [-0.05, 0) is 44.5 Å². The van der Waals surface area contributed by atoms with Crippen molar-refractivity contribution in [3.63, 3.8) is 0 Å². The SMILES string of the molecule is CCOC1CN(C)C(=O)[C@@H]2C[C@@H](CN2c2nc(COC)nc3c2cnn3-c2ccc(F)cc2F)Nc2nccc(n2)-c2cccc3nc(C)n(c23)C1. The van der Waals surface area contributed by atoms with Crippen LogP contribution in [0.2, 0.25) is 0 Å². The van der Waals surface area contributed by atoms with Gasteiger partial charge in [0, 0.05) is 57.7 Å². The highest BCUT2D eigenvalue weighted by atomic mass is 19.1. The smallest absolute Gasteiger partial charge is 0.245 e. The number of nitrogens with zero attached hydrogens (tertiary/aromatic N) is 10. The van der Waals surface area contributed by atoms with Crippen LogP contribution >= 0.6 is 0 Å². The summed E-state index contributed by atoms with van der Waals surface area (Å²) in [6.07, 6.45) is 3.31. The average molecular weight is 710 g/mol. The van der Waals surface area contributed by atoms with Gasteiger partial charge in [-0.25, -0.2) is 38.4 Å². The first-order chi connectivity index (χ1) is 25.2. The van der Waals surface area contributed by atoms with Crippen LogP contribution in [0.1, 0.15) is 25.0 Å². The number of likely N-dealkylation sites (N-methyl/N-ethyl adjacent to an activating group) is 1. The van der Waals surface area contributed by atoms with E-state index in [4.69, 9.17) is 24.4 Å². The molecule has 16 heteroatoms. The fraction of sp³-hybridized carbons (Fsp3) is 0.361. The second-order valence-electron chi connectivity index (χ2n) is 13.0. The number of hydrogen-bond donors (Lipinski definition) is 1. The zero-order chi connectivity index (χ0) is 36.1. The number of halogens is 2. The number of aryl methyl sites for hydroxylation is 1. The molecule has 6 heterocycles. The number of hydrogen-bond acceptors (Lipinski definition) is 11. The van der Waals surface area contributed by atoms with Crippen molar-refractivity contribution in [1.82, 2.24) is 44.2 Å². The van der Waals surface area contributed by atoms with Gasteiger partial charge in [0.15, 0.2) is 17.3 Å². The van der Waals surface area contributed by atoms with E-state index in [0.717, 1.165) is 40.2 Å². The number of nitrogens with one attached hydrogen (secondary N) is 1. The number of anilines is 2. The van der Waals surface area contributed by atoms with Gasteiger partial charge in [-0.3, -0.25) is 4.79 Å². The molecule has 52 heavy (non-hydrogen) atoms. The van der Waals surface area contributed by atoms with Crippen LogP contribution in [0.15, 0.2) is 54.9 Å². The normalized spacial score (nSPS) is 19.3. The molecule has 6 aromatic rings. The Balaban J connectivity index is 1.25. The summed E-state index contributed by atoms with van der Waals surface area (Å²) in [5.41, 5.74) is 3.73. The molecule has 4 bridgehead atoms. The lowest BCUT2D eigenvalue weighted by atomic mass is 10.1. The van der Waals surface area contributed by atoms with Gasteiger partial charge in [0.25, 0.3) is 0 Å². The Hall–Kier alpha value is -5.61. The summed E-state index contributed by atoms with van der Waals surface area (Å²) in [6, 6.07) is 10.2. The first-order valence-electron chi connectivity index (χ1n) is 17.1. The van der Waals surface area contributed by atoms with Crippen molar-refractivity contribution in [3.8, 4) is 16.9 Å². The number of amides is 1. The molecule has 0 radical (unpaired) electrons. The van der Waals surface area contributed by atoms with E-state index < -0.39 is 17.7 Å². The number of aromatic nitrogens is 8. The molecule has 0 aliphatic carbocycles. The Kier molecular flexibility index (Phi) is 8.71. The second kappa shape index (κ2) is 13.5. The third kappa shape index (κ3) is 5.96.